The van der Waals surface area contributed by atoms with Crippen LogP contribution in [0.5, 0.6) is 5.75 Å². The normalized spacial score (nSPS) is 30.4. The second-order valence-corrected chi connectivity index (χ2v) is 10.6. The maximum Gasteiger partial charge on any atom is 0.255 e. The molecule has 0 radical (unpaired) electrons. The zero-order valence-corrected chi connectivity index (χ0v) is 19.1. The van der Waals surface area contributed by atoms with Crippen LogP contribution in [0.4, 0.5) is 0 Å². The van der Waals surface area contributed by atoms with Gasteiger partial charge in [0.05, 0.1) is 0 Å². The molecule has 2 saturated heterocycles. The van der Waals surface area contributed by atoms with E-state index in [0.717, 1.165) is 30.8 Å². The molecule has 7 heteroatoms. The fourth-order valence-corrected chi connectivity index (χ4v) is 5.72. The van der Waals surface area contributed by atoms with Crippen molar-refractivity contribution >= 4 is 17.7 Å². The molecule has 1 aromatic carbocycles. The van der Waals surface area contributed by atoms with Gasteiger partial charge in [0, 0.05) is 24.6 Å². The van der Waals surface area contributed by atoms with Crippen LogP contribution in [0, 0.1) is 5.41 Å². The lowest BCUT2D eigenvalue weighted by Gasteiger charge is -2.41. The smallest absolute Gasteiger partial charge is 0.255 e. The maximum absolute atomic E-state index is 12.9. The molecule has 5 rings (SSSR count). The van der Waals surface area contributed by atoms with Crippen LogP contribution in [0.15, 0.2) is 18.2 Å². The van der Waals surface area contributed by atoms with Crippen LogP contribution < -0.4 is 10.1 Å². The number of rotatable bonds is 4. The third-order valence-electron chi connectivity index (χ3n) is 7.82. The van der Waals surface area contributed by atoms with Crippen molar-refractivity contribution in [3.8, 4) is 5.75 Å². The molecule has 0 spiro atoms. The number of hydrogen-bond donors (Lipinski definition) is 1. The number of hydrogen-bond acceptors (Lipinski definition) is 5. The molecule has 3 aliphatic heterocycles. The lowest BCUT2D eigenvalue weighted by atomic mass is 9.82. The summed E-state index contributed by atoms with van der Waals surface area (Å²) in [4.78, 5) is 40.8. The molecule has 1 unspecified atom stereocenters. The highest BCUT2D eigenvalue weighted by atomic mass is 16.5. The Morgan fingerprint density at radius 3 is 2.59 bits per heavy atom. The SMILES string of the molecule is CC1(C)CCN([C@@H]2CCC[C@@H]2Oc2ccc3c(c2)CN(C2CCC(=O)NC2=O)C3=O)CC1. The standard InChI is InChI=1S/C25H33N3O4/c1-25(2)10-12-27(13-11-25)19-4-3-5-21(19)32-17-6-7-18-16(14-17)15-28(24(18)31)20-8-9-22(29)26-23(20)30/h6-7,14,19-21H,3-5,8-13,15H2,1-2H3,(H,26,29,30)/t19-,20?,21+/m1/s1. The van der Waals surface area contributed by atoms with Crippen molar-refractivity contribution in [2.75, 3.05) is 13.1 Å². The number of nitrogens with one attached hydrogen (secondary N) is 1. The number of amides is 3. The lowest BCUT2D eigenvalue weighted by Crippen LogP contribution is -2.52. The Kier molecular flexibility index (Phi) is 5.48. The Morgan fingerprint density at radius 1 is 1.06 bits per heavy atom. The number of carbonyl (C=O) groups excluding carboxylic acids is 3. The summed E-state index contributed by atoms with van der Waals surface area (Å²) in [7, 11) is 0. The second kappa shape index (κ2) is 8.18. The fraction of sp³-hybridized carbons (Fsp3) is 0.640. The maximum atomic E-state index is 12.9. The van der Waals surface area contributed by atoms with Gasteiger partial charge in [-0.05, 0) is 80.8 Å². The van der Waals surface area contributed by atoms with Crippen molar-refractivity contribution in [2.45, 2.75) is 83.5 Å². The van der Waals surface area contributed by atoms with Crippen LogP contribution in [0.1, 0.15) is 74.7 Å². The Labute approximate surface area is 189 Å². The number of benzene rings is 1. The van der Waals surface area contributed by atoms with Crippen molar-refractivity contribution in [1.82, 2.24) is 15.1 Å². The first-order valence-electron chi connectivity index (χ1n) is 12.0. The number of carbonyl (C=O) groups is 3. The van der Waals surface area contributed by atoms with Crippen LogP contribution in [-0.4, -0.2) is 58.8 Å². The van der Waals surface area contributed by atoms with Crippen LogP contribution in [0.25, 0.3) is 0 Å². The summed E-state index contributed by atoms with van der Waals surface area (Å²) < 4.78 is 6.47. The van der Waals surface area contributed by atoms with Crippen molar-refractivity contribution in [2.24, 2.45) is 5.41 Å². The molecular formula is C25H33N3O4. The molecule has 1 saturated carbocycles. The first-order chi connectivity index (χ1) is 15.3. The second-order valence-electron chi connectivity index (χ2n) is 10.6. The molecule has 172 valence electrons. The molecule has 1 N–H and O–H groups in total. The van der Waals surface area contributed by atoms with Gasteiger partial charge < -0.3 is 9.64 Å². The minimum absolute atomic E-state index is 0.143. The van der Waals surface area contributed by atoms with Gasteiger partial charge >= 0.3 is 0 Å². The lowest BCUT2D eigenvalue weighted by molar-refractivity contribution is -0.136. The van der Waals surface area contributed by atoms with Crippen molar-refractivity contribution in [3.63, 3.8) is 0 Å². The summed E-state index contributed by atoms with van der Waals surface area (Å²) in [6.07, 6.45) is 6.70. The molecule has 7 nitrogen and oxygen atoms in total. The van der Waals surface area contributed by atoms with Gasteiger partial charge in [0.1, 0.15) is 17.9 Å². The topological polar surface area (TPSA) is 79.0 Å². The van der Waals surface area contributed by atoms with E-state index < -0.39 is 6.04 Å². The molecule has 3 amide bonds. The largest absolute Gasteiger partial charge is 0.489 e. The fourth-order valence-electron chi connectivity index (χ4n) is 5.72. The molecule has 32 heavy (non-hydrogen) atoms. The number of piperidine rings is 2. The molecule has 0 bridgehead atoms. The van der Waals surface area contributed by atoms with E-state index in [-0.39, 0.29) is 30.2 Å². The van der Waals surface area contributed by atoms with Gasteiger partial charge in [-0.25, -0.2) is 0 Å². The summed E-state index contributed by atoms with van der Waals surface area (Å²) in [6, 6.07) is 5.56. The molecule has 1 aromatic rings. The van der Waals surface area contributed by atoms with Crippen molar-refractivity contribution in [3.05, 3.63) is 29.3 Å². The minimum atomic E-state index is -0.584. The van der Waals surface area contributed by atoms with Gasteiger partial charge in [0.2, 0.25) is 11.8 Å². The van der Waals surface area contributed by atoms with Gasteiger partial charge in [-0.3, -0.25) is 24.6 Å². The Hall–Kier alpha value is -2.41. The van der Waals surface area contributed by atoms with Crippen LogP contribution in [0.2, 0.25) is 0 Å². The Morgan fingerprint density at radius 2 is 1.84 bits per heavy atom. The van der Waals surface area contributed by atoms with E-state index >= 15 is 0 Å². The molecule has 4 aliphatic rings. The quantitative estimate of drug-likeness (QED) is 0.730. The number of nitrogens with zero attached hydrogens (tertiary/aromatic N) is 2. The van der Waals surface area contributed by atoms with E-state index in [1.54, 1.807) is 4.90 Å². The van der Waals surface area contributed by atoms with Crippen molar-refractivity contribution in [1.29, 1.82) is 0 Å². The molecule has 3 fully saturated rings. The number of ether oxygens (including phenoxy) is 1. The van der Waals surface area contributed by atoms with Gasteiger partial charge in [0.25, 0.3) is 5.91 Å². The van der Waals surface area contributed by atoms with Crippen LogP contribution >= 0.6 is 0 Å². The van der Waals surface area contributed by atoms with Crippen LogP contribution in [0.3, 0.4) is 0 Å². The van der Waals surface area contributed by atoms with Gasteiger partial charge in [-0.1, -0.05) is 13.8 Å². The number of fused-ring (bicyclic) bond motifs is 1. The highest BCUT2D eigenvalue weighted by Gasteiger charge is 2.40. The van der Waals surface area contributed by atoms with E-state index in [9.17, 15) is 14.4 Å². The van der Waals surface area contributed by atoms with Gasteiger partial charge in [-0.2, -0.15) is 0 Å². The van der Waals surface area contributed by atoms with E-state index in [2.05, 4.69) is 24.1 Å². The number of likely N-dealkylation sites (tertiary alicyclic amines) is 1. The van der Waals surface area contributed by atoms with E-state index in [4.69, 9.17) is 4.74 Å². The summed E-state index contributed by atoms with van der Waals surface area (Å²) >= 11 is 0. The third-order valence-corrected chi connectivity index (χ3v) is 7.82. The summed E-state index contributed by atoms with van der Waals surface area (Å²) in [5.41, 5.74) is 1.96. The predicted octanol–water partition coefficient (Wildman–Crippen LogP) is 2.87. The van der Waals surface area contributed by atoms with Crippen LogP contribution in [-0.2, 0) is 16.1 Å². The average Bonchev–Trinajstić information content (AvgIpc) is 3.33. The first kappa shape index (κ1) is 21.4. The van der Waals surface area contributed by atoms with Crippen molar-refractivity contribution < 1.29 is 19.1 Å². The minimum Gasteiger partial charge on any atom is -0.489 e. The highest BCUT2D eigenvalue weighted by Crippen LogP contribution is 2.36. The van der Waals surface area contributed by atoms with E-state index in [1.165, 1.54) is 25.7 Å². The molecule has 1 aliphatic carbocycles. The zero-order chi connectivity index (χ0) is 22.5. The molecule has 0 aromatic heterocycles. The summed E-state index contributed by atoms with van der Waals surface area (Å²) in [5.74, 6) is 0.0125. The molecule has 3 atom stereocenters. The van der Waals surface area contributed by atoms with Gasteiger partial charge in [-0.15, -0.1) is 0 Å². The summed E-state index contributed by atoms with van der Waals surface area (Å²) in [6.45, 7) is 7.37. The average molecular weight is 440 g/mol. The zero-order valence-electron chi connectivity index (χ0n) is 19.1. The summed E-state index contributed by atoms with van der Waals surface area (Å²) in [5, 5.41) is 2.35. The first-order valence-corrected chi connectivity index (χ1v) is 12.0. The van der Waals surface area contributed by atoms with E-state index in [1.807, 2.05) is 18.2 Å². The predicted molar refractivity (Wildman–Crippen MR) is 119 cm³/mol. The van der Waals surface area contributed by atoms with E-state index in [0.29, 0.717) is 30.0 Å². The number of imide groups is 1. The third kappa shape index (κ3) is 4.03. The molecular weight excluding hydrogens is 406 g/mol. The van der Waals surface area contributed by atoms with Gasteiger partial charge in [0.15, 0.2) is 0 Å². The molecule has 3 heterocycles. The highest BCUT2D eigenvalue weighted by molar-refractivity contribution is 6.05. The Bertz CT molecular complexity index is 933. The monoisotopic (exact) mass is 439 g/mol. The Balaban J connectivity index is 1.26.